The number of carbonyl (C=O) groups is 1. The molecular formula is C25H23N3O2. The number of aromatic nitrogens is 2. The average molecular weight is 397 g/mol. The zero-order chi connectivity index (χ0) is 21.1. The molecule has 5 nitrogen and oxygen atoms in total. The van der Waals surface area contributed by atoms with Gasteiger partial charge in [0, 0.05) is 35.1 Å². The minimum atomic E-state index is -0.101. The standard InChI is InChI=1S/C25H23N3O2/c1-17-8-9-18(2)20(13-17)14-24(29)27-23-7-3-6-22-21(23)10-12-28(25(22)30)16-19-5-4-11-26-15-19/h3-13,15H,14,16H2,1-2H3,(H,27,29). The van der Waals surface area contributed by atoms with Gasteiger partial charge in [-0.1, -0.05) is 35.9 Å². The molecule has 0 saturated carbocycles. The number of pyridine rings is 2. The molecule has 0 fully saturated rings. The van der Waals surface area contributed by atoms with Crippen molar-refractivity contribution >= 4 is 22.4 Å². The maximum Gasteiger partial charge on any atom is 0.258 e. The molecular weight excluding hydrogens is 374 g/mol. The summed E-state index contributed by atoms with van der Waals surface area (Å²) in [4.78, 5) is 29.8. The molecule has 30 heavy (non-hydrogen) atoms. The van der Waals surface area contributed by atoms with Crippen molar-refractivity contribution in [3.63, 3.8) is 0 Å². The van der Waals surface area contributed by atoms with E-state index in [4.69, 9.17) is 0 Å². The van der Waals surface area contributed by atoms with E-state index in [1.807, 2.05) is 56.3 Å². The molecule has 0 spiro atoms. The lowest BCUT2D eigenvalue weighted by molar-refractivity contribution is -0.115. The van der Waals surface area contributed by atoms with Gasteiger partial charge >= 0.3 is 0 Å². The number of aryl methyl sites for hydroxylation is 2. The van der Waals surface area contributed by atoms with Crippen molar-refractivity contribution in [3.8, 4) is 0 Å². The molecule has 0 unspecified atom stereocenters. The molecule has 150 valence electrons. The highest BCUT2D eigenvalue weighted by atomic mass is 16.1. The highest BCUT2D eigenvalue weighted by Crippen LogP contribution is 2.21. The van der Waals surface area contributed by atoms with Gasteiger partial charge in [0.25, 0.3) is 5.56 Å². The molecule has 0 radical (unpaired) electrons. The van der Waals surface area contributed by atoms with Crippen molar-refractivity contribution in [1.82, 2.24) is 9.55 Å². The van der Waals surface area contributed by atoms with E-state index in [9.17, 15) is 9.59 Å². The lowest BCUT2D eigenvalue weighted by atomic mass is 10.0. The number of nitrogens with one attached hydrogen (secondary N) is 1. The predicted molar refractivity (Wildman–Crippen MR) is 120 cm³/mol. The Labute approximate surface area is 175 Å². The number of hydrogen-bond acceptors (Lipinski definition) is 3. The van der Waals surface area contributed by atoms with Gasteiger partial charge in [-0.05, 0) is 54.8 Å². The molecule has 0 aliphatic carbocycles. The Balaban J connectivity index is 1.60. The Kier molecular flexibility index (Phi) is 5.44. The highest BCUT2D eigenvalue weighted by molar-refractivity contribution is 6.02. The first-order valence-electron chi connectivity index (χ1n) is 9.88. The number of nitrogens with zero attached hydrogens (tertiary/aromatic N) is 2. The SMILES string of the molecule is Cc1ccc(C)c(CC(=O)Nc2cccc3c(=O)n(Cc4cccnc4)ccc23)c1. The molecule has 4 aromatic rings. The third-order valence-electron chi connectivity index (χ3n) is 5.22. The first-order valence-corrected chi connectivity index (χ1v) is 9.88. The number of rotatable bonds is 5. The van der Waals surface area contributed by atoms with E-state index in [-0.39, 0.29) is 11.5 Å². The summed E-state index contributed by atoms with van der Waals surface area (Å²) in [5.74, 6) is -0.101. The summed E-state index contributed by atoms with van der Waals surface area (Å²) in [7, 11) is 0. The number of benzene rings is 2. The van der Waals surface area contributed by atoms with Crippen molar-refractivity contribution in [2.75, 3.05) is 5.32 Å². The second-order valence-electron chi connectivity index (χ2n) is 7.53. The molecule has 0 atom stereocenters. The van der Waals surface area contributed by atoms with Crippen molar-refractivity contribution in [1.29, 1.82) is 0 Å². The summed E-state index contributed by atoms with van der Waals surface area (Å²) in [5, 5.41) is 4.29. The molecule has 0 aliphatic rings. The van der Waals surface area contributed by atoms with Crippen LogP contribution in [0.25, 0.3) is 10.8 Å². The molecule has 1 N–H and O–H groups in total. The Morgan fingerprint density at radius 2 is 1.90 bits per heavy atom. The van der Waals surface area contributed by atoms with Crippen LogP contribution in [0.4, 0.5) is 5.69 Å². The van der Waals surface area contributed by atoms with E-state index in [1.165, 1.54) is 0 Å². The summed E-state index contributed by atoms with van der Waals surface area (Å²) in [6.45, 7) is 4.47. The summed E-state index contributed by atoms with van der Waals surface area (Å²) in [6.07, 6.45) is 5.51. The van der Waals surface area contributed by atoms with E-state index in [0.717, 1.165) is 27.6 Å². The molecule has 5 heteroatoms. The van der Waals surface area contributed by atoms with E-state index < -0.39 is 0 Å². The molecule has 4 rings (SSSR count). The third kappa shape index (κ3) is 4.15. The summed E-state index contributed by atoms with van der Waals surface area (Å²) in [6, 6.07) is 17.2. The van der Waals surface area contributed by atoms with E-state index >= 15 is 0 Å². The van der Waals surface area contributed by atoms with Gasteiger partial charge < -0.3 is 9.88 Å². The zero-order valence-corrected chi connectivity index (χ0v) is 17.1. The van der Waals surface area contributed by atoms with Crippen LogP contribution in [0, 0.1) is 13.8 Å². The maximum atomic E-state index is 13.0. The van der Waals surface area contributed by atoms with Gasteiger partial charge in [0.05, 0.1) is 13.0 Å². The monoisotopic (exact) mass is 397 g/mol. The van der Waals surface area contributed by atoms with E-state index in [2.05, 4.69) is 10.3 Å². The lowest BCUT2D eigenvalue weighted by Gasteiger charge is -2.12. The lowest BCUT2D eigenvalue weighted by Crippen LogP contribution is -2.21. The molecule has 0 aliphatic heterocycles. The minimum Gasteiger partial charge on any atom is -0.325 e. The van der Waals surface area contributed by atoms with Crippen molar-refractivity contribution in [2.24, 2.45) is 0 Å². The second kappa shape index (κ2) is 8.33. The topological polar surface area (TPSA) is 64.0 Å². The van der Waals surface area contributed by atoms with Gasteiger partial charge in [0.15, 0.2) is 0 Å². The Bertz CT molecular complexity index is 1280. The average Bonchev–Trinajstić information content (AvgIpc) is 2.74. The van der Waals surface area contributed by atoms with Gasteiger partial charge in [0.1, 0.15) is 0 Å². The Morgan fingerprint density at radius 3 is 2.70 bits per heavy atom. The molecule has 2 aromatic heterocycles. The molecule has 1 amide bonds. The number of fused-ring (bicyclic) bond motifs is 1. The minimum absolute atomic E-state index is 0.0954. The van der Waals surface area contributed by atoms with Crippen LogP contribution in [0.15, 0.2) is 78.0 Å². The van der Waals surface area contributed by atoms with Crippen LogP contribution in [0.1, 0.15) is 22.3 Å². The normalized spacial score (nSPS) is 10.9. The van der Waals surface area contributed by atoms with Gasteiger partial charge in [-0.15, -0.1) is 0 Å². The van der Waals surface area contributed by atoms with Crippen LogP contribution in [0.3, 0.4) is 0 Å². The molecule has 2 aromatic carbocycles. The Hall–Kier alpha value is -3.73. The van der Waals surface area contributed by atoms with Crippen molar-refractivity contribution < 1.29 is 4.79 Å². The molecule has 0 bridgehead atoms. The summed E-state index contributed by atoms with van der Waals surface area (Å²) < 4.78 is 1.65. The third-order valence-corrected chi connectivity index (χ3v) is 5.22. The molecule has 0 saturated heterocycles. The summed E-state index contributed by atoms with van der Waals surface area (Å²) >= 11 is 0. The van der Waals surface area contributed by atoms with E-state index in [1.54, 1.807) is 35.3 Å². The number of amides is 1. The van der Waals surface area contributed by atoms with Gasteiger partial charge in [-0.3, -0.25) is 14.6 Å². The smallest absolute Gasteiger partial charge is 0.258 e. The number of carbonyl (C=O) groups excluding carboxylic acids is 1. The van der Waals surface area contributed by atoms with Crippen LogP contribution < -0.4 is 10.9 Å². The van der Waals surface area contributed by atoms with Crippen molar-refractivity contribution in [2.45, 2.75) is 26.8 Å². The maximum absolute atomic E-state index is 13.0. The quantitative estimate of drug-likeness (QED) is 0.548. The fourth-order valence-corrected chi connectivity index (χ4v) is 3.60. The summed E-state index contributed by atoms with van der Waals surface area (Å²) in [5.41, 5.74) is 4.73. The second-order valence-corrected chi connectivity index (χ2v) is 7.53. The number of anilines is 1. The zero-order valence-electron chi connectivity index (χ0n) is 17.1. The largest absolute Gasteiger partial charge is 0.325 e. The van der Waals surface area contributed by atoms with Gasteiger partial charge in [0.2, 0.25) is 5.91 Å². The Morgan fingerprint density at radius 1 is 1.03 bits per heavy atom. The van der Waals surface area contributed by atoms with Crippen LogP contribution in [0.5, 0.6) is 0 Å². The highest BCUT2D eigenvalue weighted by Gasteiger charge is 2.11. The predicted octanol–water partition coefficient (Wildman–Crippen LogP) is 4.24. The van der Waals surface area contributed by atoms with Gasteiger partial charge in [-0.2, -0.15) is 0 Å². The van der Waals surface area contributed by atoms with Gasteiger partial charge in [-0.25, -0.2) is 0 Å². The van der Waals surface area contributed by atoms with Crippen LogP contribution >= 0.6 is 0 Å². The molecule has 2 heterocycles. The van der Waals surface area contributed by atoms with Crippen LogP contribution in [-0.4, -0.2) is 15.5 Å². The van der Waals surface area contributed by atoms with E-state index in [0.29, 0.717) is 24.0 Å². The van der Waals surface area contributed by atoms with Crippen molar-refractivity contribution in [3.05, 3.63) is 106 Å². The van der Waals surface area contributed by atoms with Crippen LogP contribution in [0.2, 0.25) is 0 Å². The number of hydrogen-bond donors (Lipinski definition) is 1. The van der Waals surface area contributed by atoms with Crippen LogP contribution in [-0.2, 0) is 17.8 Å². The first kappa shape index (κ1) is 19.6. The fraction of sp³-hybridized carbons (Fsp3) is 0.160. The fourth-order valence-electron chi connectivity index (χ4n) is 3.60. The first-order chi connectivity index (χ1) is 14.5.